The Kier molecular flexibility index (Phi) is 9.40. The van der Waals surface area contributed by atoms with Gasteiger partial charge in [0.15, 0.2) is 17.3 Å². The number of fused-ring (bicyclic) bond motifs is 1. The lowest BCUT2D eigenvalue weighted by atomic mass is 9.96. The van der Waals surface area contributed by atoms with Gasteiger partial charge in [-0.2, -0.15) is 9.78 Å². The Morgan fingerprint density at radius 3 is 2.51 bits per heavy atom. The van der Waals surface area contributed by atoms with Crippen molar-refractivity contribution >= 4 is 17.1 Å². The monoisotopic (exact) mass is 551 g/mol. The molecule has 0 saturated heterocycles. The number of allylic oxidation sites excluding steroid dienone is 1. The zero-order chi connectivity index (χ0) is 29.5. The van der Waals surface area contributed by atoms with Crippen molar-refractivity contribution in [3.05, 3.63) is 106 Å². The second-order valence-electron chi connectivity index (χ2n) is 9.91. The van der Waals surface area contributed by atoms with Gasteiger partial charge in [-0.05, 0) is 79.3 Å². The van der Waals surface area contributed by atoms with Gasteiger partial charge in [-0.1, -0.05) is 44.7 Å². The van der Waals surface area contributed by atoms with Crippen molar-refractivity contribution in [1.82, 2.24) is 9.66 Å². The first-order chi connectivity index (χ1) is 19.8. The molecule has 0 aliphatic rings. The molecule has 0 radical (unpaired) electrons. The quantitative estimate of drug-likeness (QED) is 0.139. The lowest BCUT2D eigenvalue weighted by Crippen LogP contribution is -2.21. The summed E-state index contributed by atoms with van der Waals surface area (Å²) in [7, 11) is 1.59. The molecule has 3 aromatic carbocycles. The number of hydrogen-bond acceptors (Lipinski definition) is 6. The minimum atomic E-state index is -0.259. The molecule has 1 heterocycles. The Morgan fingerprint density at radius 1 is 1.05 bits per heavy atom. The van der Waals surface area contributed by atoms with Crippen molar-refractivity contribution in [2.75, 3.05) is 20.3 Å². The summed E-state index contributed by atoms with van der Waals surface area (Å²) in [6.45, 7) is 16.7. The van der Waals surface area contributed by atoms with E-state index < -0.39 is 0 Å². The Hall–Kier alpha value is -4.65. The van der Waals surface area contributed by atoms with E-state index in [2.05, 4.69) is 33.1 Å². The highest BCUT2D eigenvalue weighted by Crippen LogP contribution is 2.35. The van der Waals surface area contributed by atoms with E-state index in [4.69, 9.17) is 24.3 Å². The molecule has 1 aromatic heterocycles. The average molecular weight is 552 g/mol. The van der Waals surface area contributed by atoms with Crippen LogP contribution in [0, 0.1) is 6.92 Å². The van der Waals surface area contributed by atoms with Gasteiger partial charge < -0.3 is 14.2 Å². The predicted molar refractivity (Wildman–Crippen MR) is 167 cm³/mol. The number of aromatic nitrogens is 2. The third kappa shape index (κ3) is 6.24. The average Bonchev–Trinajstić information content (AvgIpc) is 2.96. The molecule has 0 spiro atoms. The van der Waals surface area contributed by atoms with Crippen LogP contribution in [0.25, 0.3) is 22.3 Å². The number of hydrogen-bond donors (Lipinski definition) is 0. The number of nitrogens with zero attached hydrogens (tertiary/aromatic N) is 3. The highest BCUT2D eigenvalue weighted by atomic mass is 16.5. The van der Waals surface area contributed by atoms with Crippen LogP contribution in [-0.2, 0) is 6.42 Å². The molecule has 0 aliphatic carbocycles. The number of benzene rings is 3. The molecule has 7 heteroatoms. The van der Waals surface area contributed by atoms with Gasteiger partial charge in [0.25, 0.3) is 5.56 Å². The normalized spacial score (nSPS) is 11.3. The van der Waals surface area contributed by atoms with E-state index in [1.165, 1.54) is 4.68 Å². The van der Waals surface area contributed by atoms with Gasteiger partial charge in [-0.15, -0.1) is 6.58 Å². The van der Waals surface area contributed by atoms with E-state index in [1.54, 1.807) is 31.5 Å². The number of para-hydroxylation sites is 1. The zero-order valence-corrected chi connectivity index (χ0v) is 24.4. The molecule has 0 bridgehead atoms. The topological polar surface area (TPSA) is 74.9 Å². The van der Waals surface area contributed by atoms with Gasteiger partial charge >= 0.3 is 0 Å². The summed E-state index contributed by atoms with van der Waals surface area (Å²) < 4.78 is 18.8. The molecule has 0 amide bonds. The molecule has 212 valence electrons. The van der Waals surface area contributed by atoms with Crippen molar-refractivity contribution in [3.8, 4) is 28.6 Å². The fraction of sp³-hybridized carbons (Fsp3) is 0.265. The van der Waals surface area contributed by atoms with Crippen LogP contribution in [0.15, 0.2) is 83.7 Å². The first-order valence-electron chi connectivity index (χ1n) is 13.7. The third-order valence-corrected chi connectivity index (χ3v) is 6.68. The van der Waals surface area contributed by atoms with E-state index in [0.29, 0.717) is 47.9 Å². The second-order valence-corrected chi connectivity index (χ2v) is 9.91. The van der Waals surface area contributed by atoms with E-state index in [0.717, 1.165) is 33.6 Å². The van der Waals surface area contributed by atoms with Crippen molar-refractivity contribution in [1.29, 1.82) is 0 Å². The van der Waals surface area contributed by atoms with Gasteiger partial charge in [0, 0.05) is 11.1 Å². The van der Waals surface area contributed by atoms with Crippen LogP contribution in [0.1, 0.15) is 48.9 Å². The van der Waals surface area contributed by atoms with Crippen LogP contribution >= 0.6 is 0 Å². The maximum absolute atomic E-state index is 13.8. The molecule has 41 heavy (non-hydrogen) atoms. The highest BCUT2D eigenvalue weighted by Gasteiger charge is 2.19. The van der Waals surface area contributed by atoms with E-state index >= 15 is 0 Å². The minimum Gasteiger partial charge on any atom is -0.494 e. The standard InChI is InChI=1S/C34H37N3O4/c1-8-13-25-18-24(19-31(39-7)32(25)41-16-9-2)21-35-37-33(36-29-15-12-11-14-26(29)34(37)38)28-20-27(22(4)5)30(40-10-3)17-23(28)6/h8-9,11-12,14-15,17-22H,1-2,10,13,16H2,3-7H3. The Morgan fingerprint density at radius 2 is 1.83 bits per heavy atom. The maximum Gasteiger partial charge on any atom is 0.282 e. The molecule has 4 aromatic rings. The molecular formula is C34H37N3O4. The van der Waals surface area contributed by atoms with Gasteiger partial charge in [0.2, 0.25) is 0 Å². The Balaban J connectivity index is 1.94. The zero-order valence-electron chi connectivity index (χ0n) is 24.4. The van der Waals surface area contributed by atoms with Crippen molar-refractivity contribution in [2.45, 2.75) is 40.0 Å². The number of ether oxygens (including phenoxy) is 3. The van der Waals surface area contributed by atoms with E-state index in [-0.39, 0.29) is 11.5 Å². The summed E-state index contributed by atoms with van der Waals surface area (Å²) in [4.78, 5) is 18.8. The summed E-state index contributed by atoms with van der Waals surface area (Å²) >= 11 is 0. The minimum absolute atomic E-state index is 0.206. The summed E-state index contributed by atoms with van der Waals surface area (Å²) in [5, 5.41) is 5.18. The molecular weight excluding hydrogens is 514 g/mol. The first kappa shape index (κ1) is 29.3. The number of methoxy groups -OCH3 is 1. The van der Waals surface area contributed by atoms with Gasteiger partial charge in [0.1, 0.15) is 12.4 Å². The van der Waals surface area contributed by atoms with Crippen LogP contribution in [0.4, 0.5) is 0 Å². The van der Waals surface area contributed by atoms with Crippen molar-refractivity contribution in [2.24, 2.45) is 5.10 Å². The third-order valence-electron chi connectivity index (χ3n) is 6.68. The molecule has 0 fully saturated rings. The highest BCUT2D eigenvalue weighted by molar-refractivity contribution is 5.83. The van der Waals surface area contributed by atoms with Crippen LogP contribution in [0.2, 0.25) is 0 Å². The number of aryl methyl sites for hydroxylation is 1. The molecule has 0 aliphatic heterocycles. The van der Waals surface area contributed by atoms with E-state index in [1.807, 2.05) is 50.2 Å². The van der Waals surface area contributed by atoms with Crippen molar-refractivity contribution in [3.63, 3.8) is 0 Å². The SMILES string of the molecule is C=CCOc1c(CC=C)cc(C=Nn2c(-c3cc(C(C)C)c(OCC)cc3C)nc3ccccc3c2=O)cc1OC. The summed E-state index contributed by atoms with van der Waals surface area (Å²) in [6, 6.07) is 15.2. The summed E-state index contributed by atoms with van der Waals surface area (Å²) in [5.74, 6) is 2.68. The summed E-state index contributed by atoms with van der Waals surface area (Å²) in [6.07, 6.45) is 5.69. The van der Waals surface area contributed by atoms with Crippen LogP contribution < -0.4 is 19.8 Å². The lowest BCUT2D eigenvalue weighted by molar-refractivity contribution is 0.323. The largest absolute Gasteiger partial charge is 0.494 e. The van der Waals surface area contributed by atoms with Gasteiger partial charge in [0.05, 0.1) is 30.8 Å². The van der Waals surface area contributed by atoms with Crippen molar-refractivity contribution < 1.29 is 14.2 Å². The van der Waals surface area contributed by atoms with Crippen LogP contribution in [0.5, 0.6) is 17.2 Å². The number of rotatable bonds is 12. The van der Waals surface area contributed by atoms with E-state index in [9.17, 15) is 4.79 Å². The fourth-order valence-corrected chi connectivity index (χ4v) is 4.72. The Labute approximate surface area is 241 Å². The molecule has 0 saturated carbocycles. The van der Waals surface area contributed by atoms with Crippen LogP contribution in [-0.4, -0.2) is 36.2 Å². The molecule has 0 N–H and O–H groups in total. The molecule has 0 unspecified atom stereocenters. The lowest BCUT2D eigenvalue weighted by Gasteiger charge is -2.18. The first-order valence-corrected chi connectivity index (χ1v) is 13.7. The molecule has 7 nitrogen and oxygen atoms in total. The Bertz CT molecular complexity index is 1670. The summed E-state index contributed by atoms with van der Waals surface area (Å²) in [5.41, 5.74) is 4.76. The molecule has 0 atom stereocenters. The van der Waals surface area contributed by atoms with Gasteiger partial charge in [-0.3, -0.25) is 4.79 Å². The molecule has 4 rings (SSSR count). The second kappa shape index (κ2) is 13.1. The van der Waals surface area contributed by atoms with Crippen LogP contribution in [0.3, 0.4) is 0 Å². The fourth-order valence-electron chi connectivity index (χ4n) is 4.72. The smallest absolute Gasteiger partial charge is 0.282 e. The predicted octanol–water partition coefficient (Wildman–Crippen LogP) is 7.08. The van der Waals surface area contributed by atoms with Gasteiger partial charge in [-0.25, -0.2) is 4.98 Å². The maximum atomic E-state index is 13.8.